The number of thiophene rings is 1. The largest absolute Gasteiger partial charge is 0.422 e. The predicted molar refractivity (Wildman–Crippen MR) is 138 cm³/mol. The molecule has 3 aromatic carbocycles. The highest BCUT2D eigenvalue weighted by Gasteiger charge is 2.19. The van der Waals surface area contributed by atoms with Gasteiger partial charge in [0.2, 0.25) is 0 Å². The van der Waals surface area contributed by atoms with E-state index in [4.69, 9.17) is 27.9 Å². The standard InChI is InChI=1S/C25H17Cl2N3O4S/c26-17-10-8-16(9-11-17)24(32)28-14-21(31)30-29-13-15-4-3-5-18(12-15)34-25(33)23-22(27)19-6-1-2-7-20(19)35-23/h1-13H,14H2,(H,28,32)(H,30,31)/b29-13-. The molecule has 4 rings (SSSR count). The quantitative estimate of drug-likeness (QED) is 0.148. The van der Waals surface area contributed by atoms with Crippen molar-refractivity contribution in [2.75, 3.05) is 6.54 Å². The van der Waals surface area contributed by atoms with Gasteiger partial charge in [0.05, 0.1) is 17.8 Å². The highest BCUT2D eigenvalue weighted by molar-refractivity contribution is 7.21. The molecule has 1 aromatic heterocycles. The Morgan fingerprint density at radius 1 is 0.971 bits per heavy atom. The monoisotopic (exact) mass is 525 g/mol. The van der Waals surface area contributed by atoms with E-state index in [9.17, 15) is 14.4 Å². The number of carbonyl (C=O) groups excluding carboxylic acids is 3. The number of rotatable bonds is 7. The molecule has 4 aromatic rings. The summed E-state index contributed by atoms with van der Waals surface area (Å²) in [5.41, 5.74) is 3.30. The van der Waals surface area contributed by atoms with E-state index in [1.807, 2.05) is 24.3 Å². The molecule has 0 saturated carbocycles. The predicted octanol–water partition coefficient (Wildman–Crippen LogP) is 5.31. The number of amides is 2. The third-order valence-corrected chi connectivity index (χ3v) is 6.62. The van der Waals surface area contributed by atoms with Crippen LogP contribution in [0.3, 0.4) is 0 Å². The van der Waals surface area contributed by atoms with Gasteiger partial charge in [0, 0.05) is 20.7 Å². The Hall–Kier alpha value is -3.72. The summed E-state index contributed by atoms with van der Waals surface area (Å²) in [6, 6.07) is 20.4. The number of carbonyl (C=O) groups is 3. The molecule has 0 saturated heterocycles. The Balaban J connectivity index is 1.31. The van der Waals surface area contributed by atoms with Crippen LogP contribution >= 0.6 is 34.5 Å². The van der Waals surface area contributed by atoms with Crippen molar-refractivity contribution >= 4 is 68.6 Å². The van der Waals surface area contributed by atoms with Gasteiger partial charge in [0.1, 0.15) is 10.6 Å². The number of esters is 1. The molecule has 1 heterocycles. The van der Waals surface area contributed by atoms with Crippen LogP contribution in [-0.2, 0) is 4.79 Å². The number of nitrogens with zero attached hydrogens (tertiary/aromatic N) is 1. The van der Waals surface area contributed by atoms with Crippen molar-refractivity contribution in [3.05, 3.63) is 98.8 Å². The second-order valence-electron chi connectivity index (χ2n) is 7.19. The number of halogens is 2. The lowest BCUT2D eigenvalue weighted by Crippen LogP contribution is -2.34. The van der Waals surface area contributed by atoms with Crippen molar-refractivity contribution in [2.24, 2.45) is 5.10 Å². The minimum absolute atomic E-state index is 0.258. The topological polar surface area (TPSA) is 96.9 Å². The Labute approximate surface area is 214 Å². The zero-order chi connectivity index (χ0) is 24.8. The van der Waals surface area contributed by atoms with E-state index in [1.54, 1.807) is 48.5 Å². The molecule has 7 nitrogen and oxygen atoms in total. The van der Waals surface area contributed by atoms with Crippen LogP contribution in [0.2, 0.25) is 10.0 Å². The van der Waals surface area contributed by atoms with Gasteiger partial charge in [-0.1, -0.05) is 53.5 Å². The van der Waals surface area contributed by atoms with Gasteiger partial charge in [-0.3, -0.25) is 9.59 Å². The maximum Gasteiger partial charge on any atom is 0.355 e. The number of hydrogen-bond donors (Lipinski definition) is 2. The highest BCUT2D eigenvalue weighted by atomic mass is 35.5. The van der Waals surface area contributed by atoms with Gasteiger partial charge in [0.25, 0.3) is 11.8 Å². The average molecular weight is 526 g/mol. The molecule has 0 unspecified atom stereocenters. The molecule has 2 N–H and O–H groups in total. The lowest BCUT2D eigenvalue weighted by molar-refractivity contribution is -0.120. The number of benzene rings is 3. The third kappa shape index (κ3) is 6.24. The van der Waals surface area contributed by atoms with E-state index < -0.39 is 17.8 Å². The fraction of sp³-hybridized carbons (Fsp3) is 0.0400. The van der Waals surface area contributed by atoms with Crippen LogP contribution < -0.4 is 15.5 Å². The fourth-order valence-corrected chi connectivity index (χ4v) is 4.55. The molecule has 0 bridgehead atoms. The van der Waals surface area contributed by atoms with Crippen LogP contribution in [0.15, 0.2) is 77.9 Å². The maximum atomic E-state index is 12.6. The normalized spacial score (nSPS) is 10.9. The van der Waals surface area contributed by atoms with Crippen molar-refractivity contribution in [1.29, 1.82) is 0 Å². The number of fused-ring (bicyclic) bond motifs is 1. The van der Waals surface area contributed by atoms with Crippen molar-refractivity contribution in [2.45, 2.75) is 0 Å². The summed E-state index contributed by atoms with van der Waals surface area (Å²) in [6.07, 6.45) is 1.39. The Morgan fingerprint density at radius 3 is 2.51 bits per heavy atom. The van der Waals surface area contributed by atoms with Gasteiger partial charge < -0.3 is 10.1 Å². The Bertz CT molecular complexity index is 1430. The first kappa shape index (κ1) is 24.4. The van der Waals surface area contributed by atoms with E-state index in [2.05, 4.69) is 15.8 Å². The highest BCUT2D eigenvalue weighted by Crippen LogP contribution is 2.35. The van der Waals surface area contributed by atoms with Crippen LogP contribution in [-0.4, -0.2) is 30.5 Å². The second kappa shape index (κ2) is 11.1. The number of ether oxygens (including phenoxy) is 1. The van der Waals surface area contributed by atoms with Gasteiger partial charge in [-0.25, -0.2) is 10.2 Å². The maximum absolute atomic E-state index is 12.6. The zero-order valence-corrected chi connectivity index (χ0v) is 20.3. The summed E-state index contributed by atoms with van der Waals surface area (Å²) in [5.74, 6) is -1.18. The minimum Gasteiger partial charge on any atom is -0.422 e. The summed E-state index contributed by atoms with van der Waals surface area (Å²) in [4.78, 5) is 36.9. The lowest BCUT2D eigenvalue weighted by Gasteiger charge is -2.05. The SMILES string of the molecule is O=C(CNC(=O)c1ccc(Cl)cc1)N/N=C\c1cccc(OC(=O)c2sc3ccccc3c2Cl)c1. The van der Waals surface area contributed by atoms with Crippen LogP contribution in [0.25, 0.3) is 10.1 Å². The second-order valence-corrected chi connectivity index (χ2v) is 9.05. The summed E-state index contributed by atoms with van der Waals surface area (Å²) in [6.45, 7) is -0.258. The molecule has 35 heavy (non-hydrogen) atoms. The van der Waals surface area contributed by atoms with E-state index >= 15 is 0 Å². The summed E-state index contributed by atoms with van der Waals surface area (Å²) in [5, 5.41) is 8.03. The van der Waals surface area contributed by atoms with E-state index in [1.165, 1.54) is 17.6 Å². The smallest absolute Gasteiger partial charge is 0.355 e. The van der Waals surface area contributed by atoms with Gasteiger partial charge in [-0.2, -0.15) is 5.10 Å². The van der Waals surface area contributed by atoms with Gasteiger partial charge in [0.15, 0.2) is 0 Å². The number of hydrogen-bond acceptors (Lipinski definition) is 6. The van der Waals surface area contributed by atoms with Crippen molar-refractivity contribution in [3.8, 4) is 5.75 Å². The number of nitrogens with one attached hydrogen (secondary N) is 2. The lowest BCUT2D eigenvalue weighted by atomic mass is 10.2. The van der Waals surface area contributed by atoms with Crippen molar-refractivity contribution in [3.63, 3.8) is 0 Å². The summed E-state index contributed by atoms with van der Waals surface area (Å²) < 4.78 is 6.37. The molecular weight excluding hydrogens is 509 g/mol. The summed E-state index contributed by atoms with van der Waals surface area (Å²) >= 11 is 13.4. The average Bonchev–Trinajstić information content (AvgIpc) is 3.20. The molecule has 0 aliphatic rings. The number of hydrazone groups is 1. The molecule has 0 radical (unpaired) electrons. The minimum atomic E-state index is -0.560. The first-order valence-electron chi connectivity index (χ1n) is 10.3. The molecule has 176 valence electrons. The summed E-state index contributed by atoms with van der Waals surface area (Å²) in [7, 11) is 0. The van der Waals surface area contributed by atoms with Gasteiger partial charge >= 0.3 is 5.97 Å². The van der Waals surface area contributed by atoms with E-state index in [-0.39, 0.29) is 6.54 Å². The molecule has 0 aliphatic carbocycles. The van der Waals surface area contributed by atoms with Gasteiger partial charge in [-0.05, 0) is 48.0 Å². The molecule has 10 heteroatoms. The fourth-order valence-electron chi connectivity index (χ4n) is 3.04. The molecule has 0 atom stereocenters. The van der Waals surface area contributed by atoms with E-state index in [0.717, 1.165) is 10.1 Å². The van der Waals surface area contributed by atoms with Crippen molar-refractivity contribution < 1.29 is 19.1 Å². The van der Waals surface area contributed by atoms with E-state index in [0.29, 0.717) is 31.8 Å². The molecule has 2 amide bonds. The first-order valence-corrected chi connectivity index (χ1v) is 11.8. The van der Waals surface area contributed by atoms with Crippen LogP contribution in [0.5, 0.6) is 5.75 Å². The van der Waals surface area contributed by atoms with Crippen LogP contribution in [0.4, 0.5) is 0 Å². The Morgan fingerprint density at radius 2 is 1.74 bits per heavy atom. The molecular formula is C25H17Cl2N3O4S. The first-order chi connectivity index (χ1) is 16.9. The van der Waals surface area contributed by atoms with Crippen molar-refractivity contribution in [1.82, 2.24) is 10.7 Å². The molecule has 0 aliphatic heterocycles. The zero-order valence-electron chi connectivity index (χ0n) is 18.0. The van der Waals surface area contributed by atoms with Gasteiger partial charge in [-0.15, -0.1) is 11.3 Å². The Kier molecular flexibility index (Phi) is 7.77. The third-order valence-electron chi connectivity index (χ3n) is 4.71. The van der Waals surface area contributed by atoms with Crippen LogP contribution in [0, 0.1) is 0 Å². The van der Waals surface area contributed by atoms with Crippen LogP contribution in [0.1, 0.15) is 25.6 Å². The molecule has 0 spiro atoms. The molecule has 0 fully saturated rings.